The number of nitrogens with one attached hydrogen (secondary N) is 2. The van der Waals surface area contributed by atoms with Gasteiger partial charge in [0.1, 0.15) is 0 Å². The van der Waals surface area contributed by atoms with Crippen molar-refractivity contribution in [3.05, 3.63) is 52.2 Å². The Morgan fingerprint density at radius 2 is 2.07 bits per heavy atom. The molecule has 6 nitrogen and oxygen atoms in total. The van der Waals surface area contributed by atoms with Gasteiger partial charge in [0.05, 0.1) is 4.90 Å². The van der Waals surface area contributed by atoms with E-state index in [-0.39, 0.29) is 23.4 Å². The summed E-state index contributed by atoms with van der Waals surface area (Å²) in [5.41, 5.74) is 0.343. The van der Waals surface area contributed by atoms with Gasteiger partial charge in [0.15, 0.2) is 0 Å². The Bertz CT molecular complexity index is 877. The number of nitrogens with zero attached hydrogens (tertiary/aromatic N) is 1. The highest BCUT2D eigenvalue weighted by molar-refractivity contribution is 7.89. The van der Waals surface area contributed by atoms with E-state index in [9.17, 15) is 13.2 Å². The molecule has 0 saturated heterocycles. The largest absolute Gasteiger partial charge is 0.350 e. The van der Waals surface area contributed by atoms with Crippen LogP contribution in [0.1, 0.15) is 35.0 Å². The second-order valence-electron chi connectivity index (χ2n) is 6.89. The third kappa shape index (κ3) is 5.38. The maximum atomic E-state index is 12.5. The minimum Gasteiger partial charge on any atom is -0.350 e. The van der Waals surface area contributed by atoms with Crippen molar-refractivity contribution in [2.75, 3.05) is 13.6 Å². The molecule has 27 heavy (non-hydrogen) atoms. The Morgan fingerprint density at radius 3 is 2.74 bits per heavy atom. The molecule has 0 aliphatic heterocycles. The Kier molecular flexibility index (Phi) is 6.31. The summed E-state index contributed by atoms with van der Waals surface area (Å²) in [5, 5.41) is 4.80. The number of sulfonamides is 1. The number of benzene rings is 1. The van der Waals surface area contributed by atoms with Crippen LogP contribution in [0.4, 0.5) is 0 Å². The number of likely N-dealkylation sites (N-methyl/N-ethyl adjacent to an activating group) is 1. The average molecular weight is 408 g/mol. The standard InChI is InChI=1S/C19H25N3O3S2/c1-14(22(2)16-8-9-16)12-20-19(23)15-5-3-7-18(11-15)27(24,25)21-13-17-6-4-10-26-17/h3-7,10-11,14,16,21H,8-9,12-13H2,1-2H3,(H,20,23). The lowest BCUT2D eigenvalue weighted by molar-refractivity contribution is 0.0939. The van der Waals surface area contributed by atoms with Crippen LogP contribution in [0.3, 0.4) is 0 Å². The zero-order chi connectivity index (χ0) is 19.4. The molecule has 8 heteroatoms. The van der Waals surface area contributed by atoms with Crippen LogP contribution in [0.25, 0.3) is 0 Å². The van der Waals surface area contributed by atoms with Gasteiger partial charge in [-0.05, 0) is 56.5 Å². The highest BCUT2D eigenvalue weighted by atomic mass is 32.2. The van der Waals surface area contributed by atoms with E-state index in [0.717, 1.165) is 4.88 Å². The lowest BCUT2D eigenvalue weighted by atomic mass is 10.2. The molecule has 1 aliphatic rings. The first-order chi connectivity index (χ1) is 12.9. The normalized spacial score (nSPS) is 15.7. The number of rotatable bonds is 9. The summed E-state index contributed by atoms with van der Waals surface area (Å²) in [6, 6.07) is 10.7. The number of hydrogen-bond donors (Lipinski definition) is 2. The first-order valence-electron chi connectivity index (χ1n) is 8.99. The lowest BCUT2D eigenvalue weighted by Crippen LogP contribution is -2.41. The number of carbonyl (C=O) groups excluding carboxylic acids is 1. The molecule has 0 bridgehead atoms. The summed E-state index contributed by atoms with van der Waals surface area (Å²) in [6.45, 7) is 2.84. The van der Waals surface area contributed by atoms with Crippen molar-refractivity contribution in [3.8, 4) is 0 Å². The first-order valence-corrected chi connectivity index (χ1v) is 11.4. The average Bonchev–Trinajstić information content (AvgIpc) is 3.39. The molecule has 2 aromatic rings. The zero-order valence-electron chi connectivity index (χ0n) is 15.5. The van der Waals surface area contributed by atoms with Crippen molar-refractivity contribution < 1.29 is 13.2 Å². The molecule has 1 aliphatic carbocycles. The van der Waals surface area contributed by atoms with Gasteiger partial charge in [-0.15, -0.1) is 11.3 Å². The molecule has 146 valence electrons. The molecule has 2 N–H and O–H groups in total. The van der Waals surface area contributed by atoms with Gasteiger partial charge in [0, 0.05) is 35.6 Å². The first kappa shape index (κ1) is 20.0. The van der Waals surface area contributed by atoms with E-state index in [4.69, 9.17) is 0 Å². The number of carbonyl (C=O) groups is 1. The highest BCUT2D eigenvalue weighted by Gasteiger charge is 2.29. The van der Waals surface area contributed by atoms with Gasteiger partial charge in [-0.25, -0.2) is 13.1 Å². The molecule has 0 radical (unpaired) electrons. The van der Waals surface area contributed by atoms with Crippen molar-refractivity contribution in [1.82, 2.24) is 14.9 Å². The predicted octanol–water partition coefficient (Wildman–Crippen LogP) is 2.44. The van der Waals surface area contributed by atoms with Gasteiger partial charge in [-0.1, -0.05) is 12.1 Å². The number of amides is 1. The smallest absolute Gasteiger partial charge is 0.251 e. The fourth-order valence-electron chi connectivity index (χ4n) is 2.80. The molecular formula is C19H25N3O3S2. The summed E-state index contributed by atoms with van der Waals surface area (Å²) >= 11 is 1.49. The maximum Gasteiger partial charge on any atom is 0.251 e. The molecule has 3 rings (SSSR count). The van der Waals surface area contributed by atoms with Gasteiger partial charge >= 0.3 is 0 Å². The van der Waals surface area contributed by atoms with Crippen molar-refractivity contribution >= 4 is 27.3 Å². The van der Waals surface area contributed by atoms with E-state index in [1.165, 1.54) is 36.3 Å². The monoisotopic (exact) mass is 407 g/mol. The fourth-order valence-corrected chi connectivity index (χ4v) is 4.58. The Balaban J connectivity index is 1.60. The Morgan fingerprint density at radius 1 is 1.30 bits per heavy atom. The molecule has 0 spiro atoms. The summed E-state index contributed by atoms with van der Waals surface area (Å²) < 4.78 is 27.6. The fraction of sp³-hybridized carbons (Fsp3) is 0.421. The molecular weight excluding hydrogens is 382 g/mol. The molecule has 1 amide bonds. The molecule has 1 fully saturated rings. The van der Waals surface area contributed by atoms with Gasteiger partial charge in [0.25, 0.3) is 5.91 Å². The van der Waals surface area contributed by atoms with Gasteiger partial charge in [0.2, 0.25) is 10.0 Å². The molecule has 1 aromatic carbocycles. The molecule has 1 unspecified atom stereocenters. The van der Waals surface area contributed by atoms with Crippen molar-refractivity contribution in [1.29, 1.82) is 0 Å². The Hall–Kier alpha value is -1.74. The van der Waals surface area contributed by atoms with Gasteiger partial charge < -0.3 is 5.32 Å². The second kappa shape index (κ2) is 8.52. The predicted molar refractivity (Wildman–Crippen MR) is 107 cm³/mol. The number of hydrogen-bond acceptors (Lipinski definition) is 5. The van der Waals surface area contributed by atoms with Gasteiger partial charge in [-0.2, -0.15) is 0 Å². The maximum absolute atomic E-state index is 12.5. The quantitative estimate of drug-likeness (QED) is 0.669. The molecule has 1 saturated carbocycles. The molecule has 1 aromatic heterocycles. The van der Waals surface area contributed by atoms with Crippen molar-refractivity contribution in [2.24, 2.45) is 0 Å². The lowest BCUT2D eigenvalue weighted by Gasteiger charge is -2.24. The molecule has 1 atom stereocenters. The zero-order valence-corrected chi connectivity index (χ0v) is 17.1. The summed E-state index contributed by atoms with van der Waals surface area (Å²) in [5.74, 6) is -0.263. The van der Waals surface area contributed by atoms with Crippen LogP contribution < -0.4 is 10.0 Å². The van der Waals surface area contributed by atoms with E-state index < -0.39 is 10.0 Å². The SMILES string of the molecule is CC(CNC(=O)c1cccc(S(=O)(=O)NCc2cccs2)c1)N(C)C1CC1. The molecule has 1 heterocycles. The van der Waals surface area contributed by atoms with E-state index in [2.05, 4.69) is 28.9 Å². The van der Waals surface area contributed by atoms with Gasteiger partial charge in [-0.3, -0.25) is 9.69 Å². The van der Waals surface area contributed by atoms with E-state index in [1.54, 1.807) is 12.1 Å². The van der Waals surface area contributed by atoms with Crippen LogP contribution in [0, 0.1) is 0 Å². The summed E-state index contributed by atoms with van der Waals surface area (Å²) in [6.07, 6.45) is 2.43. The summed E-state index contributed by atoms with van der Waals surface area (Å²) in [7, 11) is -1.60. The van der Waals surface area contributed by atoms with E-state index in [0.29, 0.717) is 18.2 Å². The Labute approximate surface area is 164 Å². The third-order valence-corrected chi connectivity index (χ3v) is 7.07. The van der Waals surface area contributed by atoms with Crippen LogP contribution >= 0.6 is 11.3 Å². The van der Waals surface area contributed by atoms with Crippen LogP contribution in [0.5, 0.6) is 0 Å². The minimum atomic E-state index is -3.67. The topological polar surface area (TPSA) is 78.5 Å². The third-order valence-electron chi connectivity index (χ3n) is 4.80. The van der Waals surface area contributed by atoms with Crippen LogP contribution in [-0.2, 0) is 16.6 Å². The van der Waals surface area contributed by atoms with Crippen LogP contribution in [-0.4, -0.2) is 44.9 Å². The second-order valence-corrected chi connectivity index (χ2v) is 9.69. The van der Waals surface area contributed by atoms with Crippen LogP contribution in [0.15, 0.2) is 46.7 Å². The minimum absolute atomic E-state index is 0.0925. The van der Waals surface area contributed by atoms with Crippen molar-refractivity contribution in [2.45, 2.75) is 43.3 Å². The highest BCUT2D eigenvalue weighted by Crippen LogP contribution is 2.26. The number of thiophene rings is 1. The summed E-state index contributed by atoms with van der Waals surface area (Å²) in [4.78, 5) is 15.7. The van der Waals surface area contributed by atoms with Crippen LogP contribution in [0.2, 0.25) is 0 Å². The van der Waals surface area contributed by atoms with E-state index >= 15 is 0 Å². The van der Waals surface area contributed by atoms with E-state index in [1.807, 2.05) is 17.5 Å². The van der Waals surface area contributed by atoms with Crippen molar-refractivity contribution in [3.63, 3.8) is 0 Å².